The minimum atomic E-state index is -4.47. The molecule has 0 spiro atoms. The van der Waals surface area contributed by atoms with Crippen molar-refractivity contribution >= 4 is 35.1 Å². The number of nitriles is 1. The van der Waals surface area contributed by atoms with Gasteiger partial charge in [0.2, 0.25) is 11.9 Å². The number of anilines is 3. The molecule has 2 aromatic rings. The molecule has 1 aromatic heterocycles. The minimum Gasteiger partial charge on any atom is -0.376 e. The topological polar surface area (TPSA) is 103 Å². The quantitative estimate of drug-likeness (QED) is 0.509. The van der Waals surface area contributed by atoms with E-state index in [4.69, 9.17) is 0 Å². The lowest BCUT2D eigenvalue weighted by Gasteiger charge is -2.12. The van der Waals surface area contributed by atoms with Gasteiger partial charge in [0.05, 0.1) is 12.1 Å². The van der Waals surface area contributed by atoms with E-state index in [1.54, 1.807) is 13.3 Å². The molecule has 0 fully saturated rings. The Balaban J connectivity index is 2.12. The van der Waals surface area contributed by atoms with E-state index in [-0.39, 0.29) is 29.6 Å². The lowest BCUT2D eigenvalue weighted by molar-refractivity contribution is -0.137. The number of halogens is 3. The number of rotatable bonds is 6. The van der Waals surface area contributed by atoms with Crippen molar-refractivity contribution in [3.05, 3.63) is 35.4 Å². The molecule has 1 aromatic carbocycles. The zero-order chi connectivity index (χ0) is 20.0. The lowest BCUT2D eigenvalue weighted by atomic mass is 10.2. The van der Waals surface area contributed by atoms with Crippen molar-refractivity contribution in [2.45, 2.75) is 11.2 Å². The van der Waals surface area contributed by atoms with E-state index in [9.17, 15) is 23.2 Å². The third-order valence-corrected chi connectivity index (χ3v) is 3.99. The molecule has 142 valence electrons. The zero-order valence-electron chi connectivity index (χ0n) is 14.3. The highest BCUT2D eigenvalue weighted by Crippen LogP contribution is 2.30. The Labute approximate surface area is 157 Å². The molecular formula is C16H15F3N6OS. The van der Waals surface area contributed by atoms with E-state index in [1.165, 1.54) is 23.9 Å². The Hall–Kier alpha value is -3.00. The van der Waals surface area contributed by atoms with Gasteiger partial charge in [-0.1, -0.05) is 6.07 Å². The summed E-state index contributed by atoms with van der Waals surface area (Å²) in [6, 6.07) is 6.44. The Kier molecular flexibility index (Phi) is 6.46. The van der Waals surface area contributed by atoms with Gasteiger partial charge in [0.25, 0.3) is 0 Å². The van der Waals surface area contributed by atoms with Crippen molar-refractivity contribution in [2.24, 2.45) is 0 Å². The number of carbonyl (C=O) groups excluding carboxylic acids is 1. The van der Waals surface area contributed by atoms with E-state index >= 15 is 0 Å². The van der Waals surface area contributed by atoms with Crippen LogP contribution in [0.4, 0.5) is 30.6 Å². The number of hydrogen-bond acceptors (Lipinski definition) is 7. The average molecular weight is 396 g/mol. The fraction of sp³-hybridized carbons (Fsp3) is 0.250. The zero-order valence-corrected chi connectivity index (χ0v) is 15.1. The van der Waals surface area contributed by atoms with Gasteiger partial charge in [-0.3, -0.25) is 4.79 Å². The second-order valence-electron chi connectivity index (χ2n) is 5.12. The molecule has 0 aliphatic carbocycles. The van der Waals surface area contributed by atoms with Crippen LogP contribution < -0.4 is 16.0 Å². The first-order valence-corrected chi connectivity index (χ1v) is 8.75. The molecule has 2 rings (SSSR count). The van der Waals surface area contributed by atoms with Gasteiger partial charge in [-0.15, -0.1) is 11.8 Å². The number of thioether (sulfide) groups is 1. The second kappa shape index (κ2) is 8.59. The summed E-state index contributed by atoms with van der Waals surface area (Å²) in [5, 5.41) is 17.5. The van der Waals surface area contributed by atoms with Gasteiger partial charge in [0.15, 0.2) is 5.82 Å². The summed E-state index contributed by atoms with van der Waals surface area (Å²) in [4.78, 5) is 20.3. The van der Waals surface area contributed by atoms with Gasteiger partial charge in [-0.05, 0) is 24.5 Å². The third-order valence-electron chi connectivity index (χ3n) is 3.31. The van der Waals surface area contributed by atoms with Gasteiger partial charge in [-0.25, -0.2) is 4.98 Å². The maximum atomic E-state index is 12.7. The summed E-state index contributed by atoms with van der Waals surface area (Å²) in [7, 11) is 1.59. The summed E-state index contributed by atoms with van der Waals surface area (Å²) in [5.41, 5.74) is -0.573. The summed E-state index contributed by atoms with van der Waals surface area (Å²) in [6.07, 6.45) is -2.75. The first-order chi connectivity index (χ1) is 12.8. The molecule has 1 amide bonds. The number of aromatic nitrogens is 2. The Bertz CT molecular complexity index is 881. The molecule has 7 nitrogen and oxygen atoms in total. The van der Waals surface area contributed by atoms with E-state index in [0.717, 1.165) is 12.1 Å². The van der Waals surface area contributed by atoms with Crippen LogP contribution in [-0.4, -0.2) is 35.7 Å². The lowest BCUT2D eigenvalue weighted by Crippen LogP contribution is -2.23. The van der Waals surface area contributed by atoms with E-state index in [1.807, 2.05) is 6.07 Å². The monoisotopic (exact) mass is 396 g/mol. The van der Waals surface area contributed by atoms with Crippen LogP contribution in [-0.2, 0) is 11.0 Å². The Morgan fingerprint density at radius 2 is 2.07 bits per heavy atom. The molecule has 0 aliphatic rings. The van der Waals surface area contributed by atoms with Crippen molar-refractivity contribution in [2.75, 3.05) is 35.8 Å². The van der Waals surface area contributed by atoms with Crippen LogP contribution in [0.3, 0.4) is 0 Å². The fourth-order valence-corrected chi connectivity index (χ4v) is 2.58. The summed E-state index contributed by atoms with van der Waals surface area (Å²) < 4.78 is 38.2. The van der Waals surface area contributed by atoms with Gasteiger partial charge < -0.3 is 16.0 Å². The first-order valence-electron chi connectivity index (χ1n) is 7.53. The number of hydrogen-bond donors (Lipinski definition) is 3. The van der Waals surface area contributed by atoms with Crippen LogP contribution >= 0.6 is 11.8 Å². The van der Waals surface area contributed by atoms with Crippen LogP contribution in [0.5, 0.6) is 0 Å². The molecule has 0 atom stereocenters. The molecule has 0 bridgehead atoms. The van der Waals surface area contributed by atoms with Gasteiger partial charge in [0, 0.05) is 12.7 Å². The molecule has 3 N–H and O–H groups in total. The number of nitrogens with one attached hydrogen (secondary N) is 3. The summed E-state index contributed by atoms with van der Waals surface area (Å²) >= 11 is 1.22. The van der Waals surface area contributed by atoms with Crippen LogP contribution in [0.2, 0.25) is 0 Å². The summed E-state index contributed by atoms with van der Waals surface area (Å²) in [5.74, 6) is -0.326. The van der Waals surface area contributed by atoms with Gasteiger partial charge in [-0.2, -0.15) is 23.4 Å². The highest BCUT2D eigenvalue weighted by Gasteiger charge is 2.30. The number of amides is 1. The molecule has 27 heavy (non-hydrogen) atoms. The minimum absolute atomic E-state index is 0.0250. The van der Waals surface area contributed by atoms with Crippen molar-refractivity contribution in [1.82, 2.24) is 9.97 Å². The van der Waals surface area contributed by atoms with Crippen molar-refractivity contribution < 1.29 is 18.0 Å². The Morgan fingerprint density at radius 1 is 1.33 bits per heavy atom. The smallest absolute Gasteiger partial charge is 0.376 e. The van der Waals surface area contributed by atoms with Crippen molar-refractivity contribution in [1.29, 1.82) is 5.26 Å². The van der Waals surface area contributed by atoms with Gasteiger partial charge in [0.1, 0.15) is 16.7 Å². The number of nitrogens with zero attached hydrogens (tertiary/aromatic N) is 3. The number of alkyl halides is 3. The SMILES string of the molecule is CNc1nc(NC(=O)CNc2cccc(C(F)(F)F)c2)c(C#N)c(SC)n1. The first kappa shape index (κ1) is 20.3. The van der Waals surface area contributed by atoms with Crippen LogP contribution in [0.15, 0.2) is 29.3 Å². The maximum Gasteiger partial charge on any atom is 0.416 e. The largest absolute Gasteiger partial charge is 0.416 e. The molecule has 0 saturated heterocycles. The highest BCUT2D eigenvalue weighted by atomic mass is 32.2. The molecule has 0 saturated carbocycles. The maximum absolute atomic E-state index is 12.7. The van der Waals surface area contributed by atoms with E-state index in [0.29, 0.717) is 5.03 Å². The van der Waals surface area contributed by atoms with E-state index < -0.39 is 17.6 Å². The molecule has 0 unspecified atom stereocenters. The number of carbonyl (C=O) groups is 1. The average Bonchev–Trinajstić information content (AvgIpc) is 2.65. The van der Waals surface area contributed by atoms with Crippen LogP contribution in [0.1, 0.15) is 11.1 Å². The molecule has 1 heterocycles. The Morgan fingerprint density at radius 3 is 2.67 bits per heavy atom. The standard InChI is InChI=1S/C16H15F3N6OS/c1-21-15-24-13(11(7-20)14(25-15)27-2)23-12(26)8-22-10-5-3-4-9(6-10)16(17,18)19/h3-6,22H,8H2,1-2H3,(H2,21,23,24,25,26). The van der Waals surface area contributed by atoms with Crippen LogP contribution in [0, 0.1) is 11.3 Å². The predicted octanol–water partition coefficient (Wildman–Crippen LogP) is 3.18. The normalized spacial score (nSPS) is 10.8. The summed E-state index contributed by atoms with van der Waals surface area (Å²) in [6.45, 7) is -0.306. The van der Waals surface area contributed by atoms with Gasteiger partial charge >= 0.3 is 6.18 Å². The third kappa shape index (κ3) is 5.24. The molecule has 0 aliphatic heterocycles. The second-order valence-corrected chi connectivity index (χ2v) is 5.92. The molecule has 0 radical (unpaired) electrons. The van der Waals surface area contributed by atoms with E-state index in [2.05, 4.69) is 25.9 Å². The van der Waals surface area contributed by atoms with Crippen LogP contribution in [0.25, 0.3) is 0 Å². The molecule has 11 heteroatoms. The fourth-order valence-electron chi connectivity index (χ4n) is 2.05. The van der Waals surface area contributed by atoms with Crippen molar-refractivity contribution in [3.63, 3.8) is 0 Å². The highest BCUT2D eigenvalue weighted by molar-refractivity contribution is 7.98. The molecular weight excluding hydrogens is 381 g/mol. The number of benzene rings is 1. The van der Waals surface area contributed by atoms with Crippen molar-refractivity contribution in [3.8, 4) is 6.07 Å². The predicted molar refractivity (Wildman–Crippen MR) is 96.6 cm³/mol.